The lowest BCUT2D eigenvalue weighted by Crippen LogP contribution is -2.13. The van der Waals surface area contributed by atoms with Gasteiger partial charge in [-0.1, -0.05) is 34.8 Å². The van der Waals surface area contributed by atoms with Crippen molar-refractivity contribution in [2.75, 3.05) is 12.5 Å². The average Bonchev–Trinajstić information content (AvgIpc) is 2.21. The fourth-order valence-corrected chi connectivity index (χ4v) is 1.58. The molecule has 1 nitrogen and oxygen atoms in total. The molecular weight excluding hydrogens is 301 g/mol. The van der Waals surface area contributed by atoms with Crippen molar-refractivity contribution in [1.29, 1.82) is 0 Å². The van der Waals surface area contributed by atoms with Gasteiger partial charge >= 0.3 is 0 Å². The Morgan fingerprint density at radius 3 is 2.27 bits per heavy atom. The summed E-state index contributed by atoms with van der Waals surface area (Å²) in [6, 6.07) is 3.06. The molecule has 0 aromatic heterocycles. The highest BCUT2D eigenvalue weighted by molar-refractivity contribution is 6.43. The van der Waals surface area contributed by atoms with Gasteiger partial charge in [0.2, 0.25) is 0 Å². The maximum absolute atomic E-state index is 5.88. The molecule has 1 unspecified atom stereocenters. The summed E-state index contributed by atoms with van der Waals surface area (Å²) in [5.41, 5.74) is 0. The van der Waals surface area contributed by atoms with E-state index in [1.807, 2.05) is 0 Å². The first-order chi connectivity index (χ1) is 7.04. The van der Waals surface area contributed by atoms with Crippen LogP contribution in [-0.2, 0) is 0 Å². The molecule has 1 aromatic rings. The number of ether oxygens (including phenoxy) is 1. The Morgan fingerprint density at radius 2 is 1.67 bits per heavy atom. The van der Waals surface area contributed by atoms with Gasteiger partial charge in [0.15, 0.2) is 0 Å². The molecule has 15 heavy (non-hydrogen) atoms. The van der Waals surface area contributed by atoms with Crippen LogP contribution in [-0.4, -0.2) is 17.9 Å². The smallest absolute Gasteiger partial charge is 0.139 e. The van der Waals surface area contributed by atoms with Crippen LogP contribution in [0.5, 0.6) is 5.75 Å². The van der Waals surface area contributed by atoms with Crippen molar-refractivity contribution in [3.8, 4) is 5.75 Å². The van der Waals surface area contributed by atoms with E-state index in [4.69, 9.17) is 62.7 Å². The second kappa shape index (κ2) is 6.27. The van der Waals surface area contributed by atoms with Gasteiger partial charge in [0, 0.05) is 11.9 Å². The summed E-state index contributed by atoms with van der Waals surface area (Å²) in [6.45, 7) is 0.267. The van der Waals surface area contributed by atoms with Gasteiger partial charge in [-0.15, -0.1) is 23.2 Å². The number of alkyl halides is 2. The summed E-state index contributed by atoms with van der Waals surface area (Å²) in [7, 11) is 0. The van der Waals surface area contributed by atoms with Crippen molar-refractivity contribution in [3.05, 3.63) is 27.2 Å². The van der Waals surface area contributed by atoms with E-state index in [0.29, 0.717) is 26.7 Å². The minimum absolute atomic E-state index is 0.266. The van der Waals surface area contributed by atoms with Gasteiger partial charge in [0.05, 0.1) is 20.4 Å². The molecule has 1 atom stereocenters. The lowest BCUT2D eigenvalue weighted by atomic mass is 10.3. The van der Waals surface area contributed by atoms with Gasteiger partial charge in [-0.3, -0.25) is 0 Å². The largest absolute Gasteiger partial charge is 0.490 e. The highest BCUT2D eigenvalue weighted by Gasteiger charge is 2.09. The molecule has 0 N–H and O–H groups in total. The number of hydrogen-bond donors (Lipinski definition) is 0. The summed E-state index contributed by atoms with van der Waals surface area (Å²) in [4.78, 5) is 0. The summed E-state index contributed by atoms with van der Waals surface area (Å²) in [5.74, 6) is 0.752. The van der Waals surface area contributed by atoms with Gasteiger partial charge in [-0.25, -0.2) is 0 Å². The van der Waals surface area contributed by atoms with E-state index in [1.54, 1.807) is 6.07 Å². The van der Waals surface area contributed by atoms with Crippen LogP contribution in [0.3, 0.4) is 0 Å². The first kappa shape index (κ1) is 13.5. The van der Waals surface area contributed by atoms with Crippen molar-refractivity contribution < 1.29 is 4.74 Å². The van der Waals surface area contributed by atoms with Crippen LogP contribution in [0.2, 0.25) is 15.1 Å². The molecule has 6 heteroatoms. The number of halogens is 5. The van der Waals surface area contributed by atoms with Gasteiger partial charge in [0.25, 0.3) is 0 Å². The zero-order valence-corrected chi connectivity index (χ0v) is 11.2. The Bertz CT molecular complexity index is 342. The molecule has 1 rings (SSSR count). The summed E-state index contributed by atoms with van der Waals surface area (Å²) in [6.07, 6.45) is 0. The van der Waals surface area contributed by atoms with E-state index in [0.717, 1.165) is 0 Å². The van der Waals surface area contributed by atoms with Gasteiger partial charge < -0.3 is 4.74 Å². The van der Waals surface area contributed by atoms with E-state index in [-0.39, 0.29) is 12.0 Å². The monoisotopic (exact) mass is 306 g/mol. The Hall–Kier alpha value is 0.470. The first-order valence-electron chi connectivity index (χ1n) is 4.02. The van der Waals surface area contributed by atoms with E-state index in [2.05, 4.69) is 0 Å². The molecule has 0 saturated heterocycles. The fraction of sp³-hybridized carbons (Fsp3) is 0.333. The molecule has 0 aliphatic carbocycles. The zero-order chi connectivity index (χ0) is 11.4. The third kappa shape index (κ3) is 4.08. The summed E-state index contributed by atoms with van der Waals surface area (Å²) >= 11 is 28.7. The predicted molar refractivity (Wildman–Crippen MR) is 67.3 cm³/mol. The Labute approximate surface area is 113 Å². The maximum atomic E-state index is 5.88. The lowest BCUT2D eigenvalue weighted by Gasteiger charge is -2.11. The molecule has 0 heterocycles. The number of hydrogen-bond acceptors (Lipinski definition) is 1. The standard InChI is InChI=1S/C9H7Cl5O/c10-3-5(11)4-15-9-2-7(13)6(12)1-8(9)14/h1-2,5H,3-4H2. The maximum Gasteiger partial charge on any atom is 0.139 e. The third-order valence-corrected chi connectivity index (χ3v) is 3.39. The minimum atomic E-state index is -0.266. The quantitative estimate of drug-likeness (QED) is 0.569. The fourth-order valence-electron chi connectivity index (χ4n) is 0.840. The minimum Gasteiger partial charge on any atom is -0.490 e. The van der Waals surface area contributed by atoms with Crippen LogP contribution in [0.15, 0.2) is 12.1 Å². The molecule has 0 fully saturated rings. The van der Waals surface area contributed by atoms with Crippen LogP contribution < -0.4 is 4.74 Å². The third-order valence-electron chi connectivity index (χ3n) is 1.56. The summed E-state index contributed by atoms with van der Waals surface area (Å²) in [5, 5.41) is 0.891. The SMILES string of the molecule is ClCC(Cl)COc1cc(Cl)c(Cl)cc1Cl. The second-order valence-corrected chi connectivity index (χ2v) is 4.91. The molecule has 0 amide bonds. The molecule has 1 aromatic carbocycles. The van der Waals surface area contributed by atoms with Gasteiger partial charge in [0.1, 0.15) is 12.4 Å². The van der Waals surface area contributed by atoms with E-state index < -0.39 is 0 Å². The predicted octanol–water partition coefficient (Wildman–Crippen LogP) is 4.87. The zero-order valence-electron chi connectivity index (χ0n) is 7.44. The van der Waals surface area contributed by atoms with Gasteiger partial charge in [-0.05, 0) is 6.07 Å². The molecule has 0 saturated carbocycles. The topological polar surface area (TPSA) is 9.23 Å². The van der Waals surface area contributed by atoms with E-state index >= 15 is 0 Å². The van der Waals surface area contributed by atoms with Crippen LogP contribution in [0.4, 0.5) is 0 Å². The Kier molecular flexibility index (Phi) is 5.65. The number of benzene rings is 1. The molecular formula is C9H7Cl5O. The molecule has 84 valence electrons. The van der Waals surface area contributed by atoms with Crippen molar-refractivity contribution >= 4 is 58.0 Å². The average molecular weight is 308 g/mol. The van der Waals surface area contributed by atoms with Crippen LogP contribution >= 0.6 is 58.0 Å². The van der Waals surface area contributed by atoms with Crippen molar-refractivity contribution in [1.82, 2.24) is 0 Å². The van der Waals surface area contributed by atoms with Gasteiger partial charge in [-0.2, -0.15) is 0 Å². The second-order valence-electron chi connectivity index (χ2n) is 2.76. The summed E-state index contributed by atoms with van der Waals surface area (Å²) < 4.78 is 5.33. The van der Waals surface area contributed by atoms with Crippen molar-refractivity contribution in [3.63, 3.8) is 0 Å². The number of rotatable bonds is 4. The van der Waals surface area contributed by atoms with Crippen LogP contribution in [0.1, 0.15) is 0 Å². The van der Waals surface area contributed by atoms with E-state index in [1.165, 1.54) is 6.07 Å². The van der Waals surface area contributed by atoms with Crippen LogP contribution in [0.25, 0.3) is 0 Å². The van der Waals surface area contributed by atoms with Crippen molar-refractivity contribution in [2.45, 2.75) is 5.38 Å². The molecule has 0 aliphatic heterocycles. The van der Waals surface area contributed by atoms with Crippen LogP contribution in [0, 0.1) is 0 Å². The normalized spacial score (nSPS) is 12.6. The highest BCUT2D eigenvalue weighted by atomic mass is 35.5. The van der Waals surface area contributed by atoms with Crippen molar-refractivity contribution in [2.24, 2.45) is 0 Å². The molecule has 0 radical (unpaired) electrons. The highest BCUT2D eigenvalue weighted by Crippen LogP contribution is 2.33. The Balaban J connectivity index is 2.73. The lowest BCUT2D eigenvalue weighted by molar-refractivity contribution is 0.321. The van der Waals surface area contributed by atoms with E-state index in [9.17, 15) is 0 Å². The molecule has 0 spiro atoms. The first-order valence-corrected chi connectivity index (χ1v) is 6.12. The molecule has 0 bridgehead atoms. The Morgan fingerprint density at radius 1 is 1.07 bits per heavy atom. The molecule has 0 aliphatic rings.